The van der Waals surface area contributed by atoms with Crippen LogP contribution < -0.4 is 0 Å². The minimum Gasteiger partial charge on any atom is -0.277 e. The van der Waals surface area contributed by atoms with Crippen LogP contribution in [0.15, 0.2) is 30.5 Å². The normalized spacial score (nSPS) is 10.7. The van der Waals surface area contributed by atoms with E-state index in [4.69, 9.17) is 0 Å². The molecule has 0 spiro atoms. The molecule has 0 radical (unpaired) electrons. The molecule has 0 saturated heterocycles. The molecule has 0 unspecified atom stereocenters. The number of para-hydroxylation sites is 1. The van der Waals surface area contributed by atoms with Crippen molar-refractivity contribution in [3.05, 3.63) is 30.5 Å². The number of aromatic nitrogens is 6. The van der Waals surface area contributed by atoms with E-state index in [1.807, 2.05) is 24.3 Å². The Bertz CT molecular complexity index is 588. The highest BCUT2D eigenvalue weighted by molar-refractivity contribution is 5.91. The first-order valence-electron chi connectivity index (χ1n) is 4.40. The van der Waals surface area contributed by atoms with Crippen molar-refractivity contribution in [3.63, 3.8) is 0 Å². The van der Waals surface area contributed by atoms with Crippen molar-refractivity contribution in [2.24, 2.45) is 0 Å². The Hall–Kier alpha value is -2.37. The van der Waals surface area contributed by atoms with Crippen LogP contribution in [-0.4, -0.2) is 30.8 Å². The smallest absolute Gasteiger partial charge is 0.136 e. The van der Waals surface area contributed by atoms with Gasteiger partial charge in [-0.2, -0.15) is 5.10 Å². The van der Waals surface area contributed by atoms with E-state index in [0.717, 1.165) is 16.6 Å². The lowest BCUT2D eigenvalue weighted by Gasteiger charge is -1.92. The molecule has 1 N–H and O–H groups in total. The first-order valence-corrected chi connectivity index (χ1v) is 4.40. The van der Waals surface area contributed by atoms with Gasteiger partial charge in [-0.15, -0.1) is 10.2 Å². The van der Waals surface area contributed by atoms with Crippen molar-refractivity contribution in [1.82, 2.24) is 30.8 Å². The number of H-pyrrole nitrogens is 1. The zero-order chi connectivity index (χ0) is 10.1. The molecule has 3 rings (SSSR count). The summed E-state index contributed by atoms with van der Waals surface area (Å²) in [6.07, 6.45) is 1.54. The Balaban J connectivity index is 2.28. The van der Waals surface area contributed by atoms with Gasteiger partial charge in [0.1, 0.15) is 11.4 Å². The van der Waals surface area contributed by atoms with Crippen LogP contribution in [0.5, 0.6) is 0 Å². The molecule has 0 aliphatic carbocycles. The molecule has 0 fully saturated rings. The molecule has 0 atom stereocenters. The van der Waals surface area contributed by atoms with Crippen LogP contribution >= 0.6 is 0 Å². The second-order valence-corrected chi connectivity index (χ2v) is 3.03. The predicted octanol–water partition coefficient (Wildman–Crippen LogP) is 0.810. The number of nitrogens with one attached hydrogen (secondary N) is 1. The van der Waals surface area contributed by atoms with Crippen molar-refractivity contribution in [2.75, 3.05) is 0 Å². The summed E-state index contributed by atoms with van der Waals surface area (Å²) in [4.78, 5) is 0. The van der Waals surface area contributed by atoms with Crippen LogP contribution in [0, 0.1) is 0 Å². The number of aromatic amines is 1. The topological polar surface area (TPSA) is 80.2 Å². The first-order chi connectivity index (χ1) is 7.45. The van der Waals surface area contributed by atoms with E-state index in [-0.39, 0.29) is 0 Å². The molecule has 6 heteroatoms. The van der Waals surface area contributed by atoms with Crippen LogP contribution in [0.3, 0.4) is 0 Å². The lowest BCUT2D eigenvalue weighted by atomic mass is 10.2. The maximum absolute atomic E-state index is 4.17. The standard InChI is InChI=1S/C9H6N6/c1-2-4-7-6(3-1)9(13-11-7)8-5-10-14-15-12-8/h1-5H,(H,11,13). The van der Waals surface area contributed by atoms with E-state index in [9.17, 15) is 0 Å². The van der Waals surface area contributed by atoms with Gasteiger partial charge in [0.2, 0.25) is 0 Å². The van der Waals surface area contributed by atoms with Crippen LogP contribution in [0.25, 0.3) is 22.3 Å². The van der Waals surface area contributed by atoms with E-state index < -0.39 is 0 Å². The van der Waals surface area contributed by atoms with Gasteiger partial charge in [-0.1, -0.05) is 18.2 Å². The number of benzene rings is 1. The summed E-state index contributed by atoms with van der Waals surface area (Å²) < 4.78 is 0. The summed E-state index contributed by atoms with van der Waals surface area (Å²) in [6, 6.07) is 7.81. The largest absolute Gasteiger partial charge is 0.277 e. The fraction of sp³-hybridized carbons (Fsp3) is 0. The summed E-state index contributed by atoms with van der Waals surface area (Å²) >= 11 is 0. The van der Waals surface area contributed by atoms with Crippen LogP contribution in [-0.2, 0) is 0 Å². The summed E-state index contributed by atoms with van der Waals surface area (Å²) in [5.41, 5.74) is 2.32. The second kappa shape index (κ2) is 3.09. The van der Waals surface area contributed by atoms with Crippen molar-refractivity contribution < 1.29 is 0 Å². The number of hydrogen-bond acceptors (Lipinski definition) is 5. The minimum atomic E-state index is 0.613. The molecule has 0 saturated carbocycles. The van der Waals surface area contributed by atoms with Gasteiger partial charge in [0.15, 0.2) is 0 Å². The van der Waals surface area contributed by atoms with Crippen LogP contribution in [0.1, 0.15) is 0 Å². The molecule has 0 amide bonds. The van der Waals surface area contributed by atoms with Crippen LogP contribution in [0.2, 0.25) is 0 Å². The highest BCUT2D eigenvalue weighted by atomic mass is 15.4. The molecule has 15 heavy (non-hydrogen) atoms. The zero-order valence-corrected chi connectivity index (χ0v) is 7.62. The van der Waals surface area contributed by atoms with E-state index in [2.05, 4.69) is 30.8 Å². The maximum Gasteiger partial charge on any atom is 0.136 e. The Labute approximate surface area is 84.4 Å². The van der Waals surface area contributed by atoms with E-state index in [1.54, 1.807) is 0 Å². The Morgan fingerprint density at radius 1 is 1.07 bits per heavy atom. The average molecular weight is 198 g/mol. The van der Waals surface area contributed by atoms with Gasteiger partial charge >= 0.3 is 0 Å². The number of hydrogen-bond donors (Lipinski definition) is 1. The molecule has 72 valence electrons. The monoisotopic (exact) mass is 198 g/mol. The number of nitrogens with zero attached hydrogens (tertiary/aromatic N) is 5. The molecule has 1 aromatic carbocycles. The molecule has 3 aromatic rings. The highest BCUT2D eigenvalue weighted by Gasteiger charge is 2.08. The summed E-state index contributed by atoms with van der Waals surface area (Å²) in [5, 5.41) is 22.5. The maximum atomic E-state index is 4.17. The van der Waals surface area contributed by atoms with E-state index in [0.29, 0.717) is 5.69 Å². The average Bonchev–Trinajstić information content (AvgIpc) is 2.74. The van der Waals surface area contributed by atoms with E-state index in [1.165, 1.54) is 6.20 Å². The molecule has 0 aliphatic rings. The fourth-order valence-corrected chi connectivity index (χ4v) is 1.46. The third-order valence-electron chi connectivity index (χ3n) is 2.14. The zero-order valence-electron chi connectivity index (χ0n) is 7.62. The van der Waals surface area contributed by atoms with Crippen molar-refractivity contribution in [1.29, 1.82) is 0 Å². The predicted molar refractivity (Wildman–Crippen MR) is 52.7 cm³/mol. The molecular weight excluding hydrogens is 192 g/mol. The lowest BCUT2D eigenvalue weighted by Crippen LogP contribution is -1.93. The quantitative estimate of drug-likeness (QED) is 0.625. The van der Waals surface area contributed by atoms with Crippen molar-refractivity contribution in [3.8, 4) is 11.4 Å². The van der Waals surface area contributed by atoms with Gasteiger partial charge in [0.25, 0.3) is 0 Å². The number of fused-ring (bicyclic) bond motifs is 1. The second-order valence-electron chi connectivity index (χ2n) is 3.03. The van der Waals surface area contributed by atoms with Gasteiger partial charge in [-0.25, -0.2) is 0 Å². The van der Waals surface area contributed by atoms with Gasteiger partial charge < -0.3 is 0 Å². The number of rotatable bonds is 1. The Morgan fingerprint density at radius 3 is 2.87 bits per heavy atom. The minimum absolute atomic E-state index is 0.613. The SMILES string of the molecule is c1ccc2c(-c3cnnnn3)n[nH]c2c1. The van der Waals surface area contributed by atoms with Crippen LogP contribution in [0.4, 0.5) is 0 Å². The molecule has 2 heterocycles. The van der Waals surface area contributed by atoms with Gasteiger partial charge in [-0.3, -0.25) is 5.10 Å². The third kappa shape index (κ3) is 1.23. The van der Waals surface area contributed by atoms with Crippen molar-refractivity contribution >= 4 is 10.9 Å². The van der Waals surface area contributed by atoms with Crippen molar-refractivity contribution in [2.45, 2.75) is 0 Å². The molecule has 0 aliphatic heterocycles. The summed E-state index contributed by atoms with van der Waals surface area (Å²) in [7, 11) is 0. The van der Waals surface area contributed by atoms with E-state index >= 15 is 0 Å². The van der Waals surface area contributed by atoms with Gasteiger partial charge in [0, 0.05) is 5.39 Å². The molecule has 0 bridgehead atoms. The van der Waals surface area contributed by atoms with Gasteiger partial charge in [-0.05, 0) is 16.5 Å². The Morgan fingerprint density at radius 2 is 2.00 bits per heavy atom. The Kier molecular flexibility index (Phi) is 1.64. The first kappa shape index (κ1) is 7.98. The lowest BCUT2D eigenvalue weighted by molar-refractivity contribution is 0.765. The highest BCUT2D eigenvalue weighted by Crippen LogP contribution is 2.22. The summed E-state index contributed by atoms with van der Waals surface area (Å²) in [5.74, 6) is 0. The molecular formula is C9H6N6. The molecule has 6 nitrogen and oxygen atoms in total. The summed E-state index contributed by atoms with van der Waals surface area (Å²) in [6.45, 7) is 0. The fourth-order valence-electron chi connectivity index (χ4n) is 1.46. The van der Waals surface area contributed by atoms with Gasteiger partial charge in [0.05, 0.1) is 11.7 Å². The third-order valence-corrected chi connectivity index (χ3v) is 2.14. The molecule has 2 aromatic heterocycles.